The van der Waals surface area contributed by atoms with Crippen LogP contribution in [-0.4, -0.2) is 48.0 Å². The number of hydrogen-bond donors (Lipinski definition) is 0. The highest BCUT2D eigenvalue weighted by molar-refractivity contribution is 6.76. The second kappa shape index (κ2) is 7.00. The SMILES string of the molecule is CN1C(=O)c2c(c3c4ccccc4n(COCC[Si](C)(C)C)c3c3ncccc23)C1=O. The number of ether oxygens (including phenoxy) is 1. The molecule has 4 aromatic rings. The van der Waals surface area contributed by atoms with Gasteiger partial charge < -0.3 is 9.30 Å². The smallest absolute Gasteiger partial charge is 0.262 e. The minimum absolute atomic E-state index is 0.265. The van der Waals surface area contributed by atoms with Crippen molar-refractivity contribution in [2.75, 3.05) is 13.7 Å². The summed E-state index contributed by atoms with van der Waals surface area (Å²) in [5.41, 5.74) is 3.46. The Labute approximate surface area is 181 Å². The highest BCUT2D eigenvalue weighted by atomic mass is 28.3. The lowest BCUT2D eigenvalue weighted by atomic mass is 9.97. The van der Waals surface area contributed by atoms with E-state index < -0.39 is 8.07 Å². The fraction of sp³-hybridized carbons (Fsp3) is 0.292. The van der Waals surface area contributed by atoms with Crippen molar-refractivity contribution in [2.45, 2.75) is 32.4 Å². The summed E-state index contributed by atoms with van der Waals surface area (Å²) in [6.45, 7) is 8.06. The van der Waals surface area contributed by atoms with Crippen molar-refractivity contribution in [3.63, 3.8) is 0 Å². The van der Waals surface area contributed by atoms with Gasteiger partial charge in [0.1, 0.15) is 6.73 Å². The number of carbonyl (C=O) groups excluding carboxylic acids is 2. The number of carbonyl (C=O) groups is 2. The first-order chi connectivity index (χ1) is 14.8. The molecular formula is C24H25N3O3Si. The molecule has 0 saturated carbocycles. The quantitative estimate of drug-likeness (QED) is 0.257. The van der Waals surface area contributed by atoms with E-state index in [2.05, 4.69) is 29.2 Å². The number of benzene rings is 2. The summed E-state index contributed by atoms with van der Waals surface area (Å²) in [6.07, 6.45) is 1.73. The maximum Gasteiger partial charge on any atom is 0.262 e. The molecule has 5 rings (SSSR count). The molecule has 0 fully saturated rings. The molecule has 0 radical (unpaired) electrons. The van der Waals surface area contributed by atoms with E-state index in [4.69, 9.17) is 4.74 Å². The van der Waals surface area contributed by atoms with Gasteiger partial charge in [-0.1, -0.05) is 43.9 Å². The van der Waals surface area contributed by atoms with Crippen molar-refractivity contribution in [3.8, 4) is 0 Å². The predicted octanol–water partition coefficient (Wildman–Crippen LogP) is 4.88. The fourth-order valence-corrected chi connectivity index (χ4v) is 5.15. The minimum atomic E-state index is -1.20. The van der Waals surface area contributed by atoms with Crippen molar-refractivity contribution in [2.24, 2.45) is 0 Å². The number of hydrogen-bond acceptors (Lipinski definition) is 4. The van der Waals surface area contributed by atoms with E-state index in [1.807, 2.05) is 36.4 Å². The first-order valence-electron chi connectivity index (χ1n) is 10.5. The first kappa shape index (κ1) is 19.9. The van der Waals surface area contributed by atoms with Crippen LogP contribution in [0.4, 0.5) is 0 Å². The second-order valence-electron chi connectivity index (χ2n) is 9.34. The average molecular weight is 432 g/mol. The number of para-hydroxylation sites is 1. The van der Waals surface area contributed by atoms with E-state index in [1.165, 1.54) is 11.9 Å². The largest absolute Gasteiger partial charge is 0.361 e. The number of rotatable bonds is 5. The molecule has 1 aliphatic heterocycles. The molecule has 3 heterocycles. The molecule has 0 N–H and O–H groups in total. The van der Waals surface area contributed by atoms with Gasteiger partial charge in [0, 0.05) is 44.1 Å². The summed E-state index contributed by atoms with van der Waals surface area (Å²) in [4.78, 5) is 31.9. The van der Waals surface area contributed by atoms with Crippen LogP contribution in [0.25, 0.3) is 32.7 Å². The molecule has 0 bridgehead atoms. The molecule has 0 aliphatic carbocycles. The van der Waals surface area contributed by atoms with Gasteiger partial charge in [0.15, 0.2) is 0 Å². The van der Waals surface area contributed by atoms with Gasteiger partial charge >= 0.3 is 0 Å². The monoisotopic (exact) mass is 431 g/mol. The molecule has 0 saturated heterocycles. The number of pyridine rings is 1. The van der Waals surface area contributed by atoms with Crippen molar-refractivity contribution >= 4 is 52.6 Å². The van der Waals surface area contributed by atoms with Crippen LogP contribution >= 0.6 is 0 Å². The van der Waals surface area contributed by atoms with E-state index >= 15 is 0 Å². The second-order valence-corrected chi connectivity index (χ2v) is 15.0. The molecule has 0 atom stereocenters. The van der Waals surface area contributed by atoms with Crippen molar-refractivity contribution in [3.05, 3.63) is 53.7 Å². The third kappa shape index (κ3) is 2.99. The van der Waals surface area contributed by atoms with Crippen LogP contribution in [0.15, 0.2) is 42.6 Å². The van der Waals surface area contributed by atoms with Gasteiger partial charge in [0.05, 0.1) is 27.7 Å². The van der Waals surface area contributed by atoms with Gasteiger partial charge in [-0.25, -0.2) is 0 Å². The van der Waals surface area contributed by atoms with E-state index in [1.54, 1.807) is 6.20 Å². The zero-order chi connectivity index (χ0) is 21.9. The van der Waals surface area contributed by atoms with Crippen LogP contribution in [0.3, 0.4) is 0 Å². The van der Waals surface area contributed by atoms with E-state index in [0.29, 0.717) is 29.9 Å². The number of nitrogens with zero attached hydrogens (tertiary/aromatic N) is 3. The molecule has 7 heteroatoms. The molecule has 0 spiro atoms. The Hall–Kier alpha value is -3.03. The van der Waals surface area contributed by atoms with Crippen LogP contribution in [0.2, 0.25) is 25.7 Å². The maximum atomic E-state index is 13.1. The molecule has 158 valence electrons. The zero-order valence-electron chi connectivity index (χ0n) is 18.2. The zero-order valence-corrected chi connectivity index (χ0v) is 19.2. The third-order valence-corrected chi connectivity index (χ3v) is 7.73. The van der Waals surface area contributed by atoms with E-state index in [0.717, 1.165) is 33.4 Å². The summed E-state index contributed by atoms with van der Waals surface area (Å²) in [7, 11) is 0.336. The lowest BCUT2D eigenvalue weighted by Crippen LogP contribution is -2.24. The minimum Gasteiger partial charge on any atom is -0.361 e. The van der Waals surface area contributed by atoms with Crippen LogP contribution in [0.1, 0.15) is 20.7 Å². The first-order valence-corrected chi connectivity index (χ1v) is 14.2. The lowest BCUT2D eigenvalue weighted by Gasteiger charge is -2.16. The molecule has 2 aromatic carbocycles. The van der Waals surface area contributed by atoms with Gasteiger partial charge in [0.2, 0.25) is 0 Å². The van der Waals surface area contributed by atoms with Crippen molar-refractivity contribution < 1.29 is 14.3 Å². The normalized spacial score (nSPS) is 14.4. The maximum absolute atomic E-state index is 13.1. The van der Waals surface area contributed by atoms with Crippen molar-refractivity contribution in [1.29, 1.82) is 0 Å². The summed E-state index contributed by atoms with van der Waals surface area (Å²) in [5.74, 6) is -0.540. The molecular weight excluding hydrogens is 406 g/mol. The third-order valence-electron chi connectivity index (χ3n) is 6.03. The van der Waals surface area contributed by atoms with Gasteiger partial charge in [-0.15, -0.1) is 0 Å². The summed E-state index contributed by atoms with van der Waals surface area (Å²) < 4.78 is 8.21. The lowest BCUT2D eigenvalue weighted by molar-refractivity contribution is 0.0694. The van der Waals surface area contributed by atoms with Crippen molar-refractivity contribution in [1.82, 2.24) is 14.5 Å². The number of amides is 2. The topological polar surface area (TPSA) is 64.4 Å². The Morgan fingerprint density at radius 3 is 2.45 bits per heavy atom. The Balaban J connectivity index is 1.81. The van der Waals surface area contributed by atoms with Crippen LogP contribution in [-0.2, 0) is 11.5 Å². The Bertz CT molecular complexity index is 1380. The molecule has 6 nitrogen and oxygen atoms in total. The average Bonchev–Trinajstić information content (AvgIpc) is 3.19. The molecule has 31 heavy (non-hydrogen) atoms. The van der Waals surface area contributed by atoms with Gasteiger partial charge in [-0.05, 0) is 18.2 Å². The Morgan fingerprint density at radius 1 is 0.968 bits per heavy atom. The molecule has 2 aromatic heterocycles. The highest BCUT2D eigenvalue weighted by Gasteiger charge is 2.38. The summed E-state index contributed by atoms with van der Waals surface area (Å²) in [6, 6.07) is 12.7. The number of fused-ring (bicyclic) bond motifs is 8. The molecule has 1 aliphatic rings. The summed E-state index contributed by atoms with van der Waals surface area (Å²) >= 11 is 0. The van der Waals surface area contributed by atoms with Gasteiger partial charge in [-0.2, -0.15) is 0 Å². The molecule has 0 unspecified atom stereocenters. The fourth-order valence-electron chi connectivity index (χ4n) is 4.39. The van der Waals surface area contributed by atoms with E-state index in [9.17, 15) is 9.59 Å². The van der Waals surface area contributed by atoms with Crippen LogP contribution in [0.5, 0.6) is 0 Å². The molecule has 2 amide bonds. The van der Waals surface area contributed by atoms with Gasteiger partial charge in [0.25, 0.3) is 11.8 Å². The highest BCUT2D eigenvalue weighted by Crippen LogP contribution is 2.41. The predicted molar refractivity (Wildman–Crippen MR) is 125 cm³/mol. The van der Waals surface area contributed by atoms with Crippen LogP contribution < -0.4 is 0 Å². The number of imide groups is 1. The number of aromatic nitrogens is 2. The summed E-state index contributed by atoms with van der Waals surface area (Å²) in [5, 5.41) is 2.43. The Kier molecular flexibility index (Phi) is 4.49. The Morgan fingerprint density at radius 2 is 1.68 bits per heavy atom. The van der Waals surface area contributed by atoms with Gasteiger partial charge in [-0.3, -0.25) is 19.5 Å². The standard InChI is InChI=1S/C24H25N3O3Si/c1-26-23(28)19-16-9-7-11-25-21(16)22-18(20(19)24(26)29)15-8-5-6-10-17(15)27(22)14-30-12-13-31(2,3)4/h5-11H,12-14H2,1-4H3. The van der Waals surface area contributed by atoms with Crippen LogP contribution in [0, 0.1) is 0 Å². The van der Waals surface area contributed by atoms with E-state index in [-0.39, 0.29) is 11.8 Å².